The van der Waals surface area contributed by atoms with Crippen LogP contribution in [0.4, 0.5) is 5.82 Å². The van der Waals surface area contributed by atoms with Crippen LogP contribution in [0.5, 0.6) is 0 Å². The van der Waals surface area contributed by atoms with E-state index in [4.69, 9.17) is 4.52 Å². The van der Waals surface area contributed by atoms with E-state index in [1.54, 1.807) is 0 Å². The van der Waals surface area contributed by atoms with Crippen molar-refractivity contribution >= 4 is 5.82 Å². The highest BCUT2D eigenvalue weighted by atomic mass is 16.5. The number of nitrogens with zero attached hydrogens (tertiary/aromatic N) is 6. The van der Waals surface area contributed by atoms with Crippen LogP contribution in [0.25, 0.3) is 0 Å². The van der Waals surface area contributed by atoms with Gasteiger partial charge in [-0.3, -0.25) is 4.90 Å². The van der Waals surface area contributed by atoms with Gasteiger partial charge in [0.05, 0.1) is 12.2 Å². The summed E-state index contributed by atoms with van der Waals surface area (Å²) in [5, 5.41) is 12.5. The van der Waals surface area contributed by atoms with Crippen molar-refractivity contribution in [3.63, 3.8) is 0 Å². The molecule has 1 aliphatic carbocycles. The summed E-state index contributed by atoms with van der Waals surface area (Å²) in [6, 6.07) is 2.72. The molecule has 7 heteroatoms. The third-order valence-corrected chi connectivity index (χ3v) is 4.66. The molecule has 0 radical (unpaired) electrons. The largest absolute Gasteiger partial charge is 0.352 e. The normalized spacial score (nSPS) is 18.4. The van der Waals surface area contributed by atoms with Gasteiger partial charge in [-0.15, -0.1) is 5.10 Å². The molecule has 4 rings (SSSR count). The predicted molar refractivity (Wildman–Crippen MR) is 80.4 cm³/mol. The Balaban J connectivity index is 1.36. The molecular formula is C15H20N6O. The summed E-state index contributed by atoms with van der Waals surface area (Å²) < 4.78 is 5.06. The van der Waals surface area contributed by atoms with Crippen LogP contribution in [0.15, 0.2) is 16.9 Å². The number of hydrogen-bond acceptors (Lipinski definition) is 7. The van der Waals surface area contributed by atoms with Crippen molar-refractivity contribution in [1.29, 1.82) is 0 Å². The van der Waals surface area contributed by atoms with E-state index in [2.05, 4.69) is 43.3 Å². The maximum atomic E-state index is 5.06. The first-order valence-corrected chi connectivity index (χ1v) is 7.86. The van der Waals surface area contributed by atoms with Crippen molar-refractivity contribution in [2.75, 3.05) is 25.0 Å². The van der Waals surface area contributed by atoms with E-state index < -0.39 is 0 Å². The van der Waals surface area contributed by atoms with Gasteiger partial charge in [-0.05, 0) is 44.4 Å². The van der Waals surface area contributed by atoms with E-state index in [1.807, 2.05) is 0 Å². The second-order valence-corrected chi connectivity index (χ2v) is 6.19. The minimum absolute atomic E-state index is 0.490. The number of likely N-dealkylation sites (N-methyl/N-ethyl adjacent to an activating group) is 1. The fourth-order valence-corrected chi connectivity index (χ4v) is 3.16. The molecule has 2 aromatic rings. The van der Waals surface area contributed by atoms with Crippen LogP contribution in [-0.4, -0.2) is 51.4 Å². The number of hydrogen-bond donors (Lipinski definition) is 0. The van der Waals surface area contributed by atoms with Crippen molar-refractivity contribution in [2.45, 2.75) is 38.3 Å². The van der Waals surface area contributed by atoms with E-state index in [0.29, 0.717) is 18.5 Å². The molecule has 2 aromatic heterocycles. The third kappa shape index (κ3) is 2.56. The molecule has 0 atom stereocenters. The Morgan fingerprint density at radius 1 is 1.27 bits per heavy atom. The second-order valence-electron chi connectivity index (χ2n) is 6.19. The van der Waals surface area contributed by atoms with Gasteiger partial charge in [-0.1, -0.05) is 5.16 Å². The average molecular weight is 300 g/mol. The van der Waals surface area contributed by atoms with Crippen LogP contribution in [-0.2, 0) is 19.4 Å². The molecule has 3 heterocycles. The molecule has 1 aliphatic heterocycles. The molecule has 0 N–H and O–H groups in total. The van der Waals surface area contributed by atoms with Gasteiger partial charge in [-0.2, -0.15) is 10.1 Å². The van der Waals surface area contributed by atoms with Gasteiger partial charge >= 0.3 is 0 Å². The molecule has 1 saturated heterocycles. The van der Waals surface area contributed by atoms with Crippen LogP contribution in [0.2, 0.25) is 0 Å². The van der Waals surface area contributed by atoms with Crippen molar-refractivity contribution in [3.05, 3.63) is 29.5 Å². The van der Waals surface area contributed by atoms with Crippen LogP contribution in [0, 0.1) is 0 Å². The number of anilines is 1. The first kappa shape index (κ1) is 13.6. The SMILES string of the molecule is CN(Cc1ncno1)C1CN(c2cc3c(nn2)CCCC3)C1. The van der Waals surface area contributed by atoms with Crippen molar-refractivity contribution in [1.82, 2.24) is 25.2 Å². The summed E-state index contributed by atoms with van der Waals surface area (Å²) in [6.45, 7) is 2.63. The Hall–Kier alpha value is -2.02. The Morgan fingerprint density at radius 3 is 2.95 bits per heavy atom. The molecule has 0 unspecified atom stereocenters. The van der Waals surface area contributed by atoms with E-state index in [9.17, 15) is 0 Å². The molecule has 116 valence electrons. The molecule has 1 fully saturated rings. The molecule has 0 amide bonds. The topological polar surface area (TPSA) is 71.2 Å². The number of aromatic nitrogens is 4. The molecule has 0 aromatic carbocycles. The lowest BCUT2D eigenvalue weighted by Crippen LogP contribution is -2.58. The smallest absolute Gasteiger partial charge is 0.240 e. The van der Waals surface area contributed by atoms with E-state index in [-0.39, 0.29) is 0 Å². The highest BCUT2D eigenvalue weighted by Gasteiger charge is 2.32. The number of rotatable bonds is 4. The van der Waals surface area contributed by atoms with Crippen LogP contribution >= 0.6 is 0 Å². The minimum atomic E-state index is 0.490. The summed E-state index contributed by atoms with van der Waals surface area (Å²) in [7, 11) is 2.09. The fraction of sp³-hybridized carbons (Fsp3) is 0.600. The van der Waals surface area contributed by atoms with Crippen LogP contribution in [0.3, 0.4) is 0 Å². The van der Waals surface area contributed by atoms with Crippen LogP contribution < -0.4 is 4.90 Å². The molecule has 0 spiro atoms. The van der Waals surface area contributed by atoms with E-state index in [1.165, 1.54) is 30.4 Å². The monoisotopic (exact) mass is 300 g/mol. The van der Waals surface area contributed by atoms with Gasteiger partial charge < -0.3 is 9.42 Å². The lowest BCUT2D eigenvalue weighted by Gasteiger charge is -2.44. The highest BCUT2D eigenvalue weighted by molar-refractivity contribution is 5.45. The number of aryl methyl sites for hydroxylation is 2. The summed E-state index contributed by atoms with van der Waals surface area (Å²) in [5.74, 6) is 1.68. The molecular weight excluding hydrogens is 280 g/mol. The molecule has 7 nitrogen and oxygen atoms in total. The first-order valence-electron chi connectivity index (χ1n) is 7.86. The summed E-state index contributed by atoms with van der Waals surface area (Å²) in [4.78, 5) is 8.60. The highest BCUT2D eigenvalue weighted by Crippen LogP contribution is 2.26. The predicted octanol–water partition coefficient (Wildman–Crippen LogP) is 1.06. The quantitative estimate of drug-likeness (QED) is 0.836. The van der Waals surface area contributed by atoms with Gasteiger partial charge in [0.15, 0.2) is 12.1 Å². The standard InChI is InChI=1S/C15H20N6O/c1-20(9-15-16-10-17-22-15)12-7-21(8-12)14-6-11-4-2-3-5-13(11)18-19-14/h6,10,12H,2-5,7-9H2,1H3. The van der Waals surface area contributed by atoms with Gasteiger partial charge in [0.2, 0.25) is 5.89 Å². The second kappa shape index (κ2) is 5.64. The minimum Gasteiger partial charge on any atom is -0.352 e. The maximum absolute atomic E-state index is 5.06. The molecule has 22 heavy (non-hydrogen) atoms. The Morgan fingerprint density at radius 2 is 2.14 bits per heavy atom. The average Bonchev–Trinajstić information content (AvgIpc) is 2.98. The fourth-order valence-electron chi connectivity index (χ4n) is 3.16. The summed E-state index contributed by atoms with van der Waals surface area (Å²) in [6.07, 6.45) is 6.18. The van der Waals surface area contributed by atoms with E-state index >= 15 is 0 Å². The summed E-state index contributed by atoms with van der Waals surface area (Å²) >= 11 is 0. The number of fused-ring (bicyclic) bond motifs is 1. The lowest BCUT2D eigenvalue weighted by atomic mass is 9.96. The van der Waals surface area contributed by atoms with Gasteiger partial charge in [0.25, 0.3) is 0 Å². The van der Waals surface area contributed by atoms with Crippen molar-refractivity contribution in [2.24, 2.45) is 0 Å². The zero-order valence-electron chi connectivity index (χ0n) is 12.8. The Kier molecular flexibility index (Phi) is 3.49. The lowest BCUT2D eigenvalue weighted by molar-refractivity contribution is 0.174. The van der Waals surface area contributed by atoms with Crippen LogP contribution in [0.1, 0.15) is 30.0 Å². The maximum Gasteiger partial charge on any atom is 0.240 e. The van der Waals surface area contributed by atoms with Crippen molar-refractivity contribution in [3.8, 4) is 0 Å². The van der Waals surface area contributed by atoms with Gasteiger partial charge in [-0.25, -0.2) is 0 Å². The zero-order chi connectivity index (χ0) is 14.9. The Labute approximate surface area is 129 Å². The molecule has 2 aliphatic rings. The zero-order valence-corrected chi connectivity index (χ0v) is 12.8. The van der Waals surface area contributed by atoms with Crippen molar-refractivity contribution < 1.29 is 4.52 Å². The first-order chi connectivity index (χ1) is 10.8. The summed E-state index contributed by atoms with van der Waals surface area (Å²) in [5.41, 5.74) is 2.58. The third-order valence-electron chi connectivity index (χ3n) is 4.66. The Bertz CT molecular complexity index is 637. The van der Waals surface area contributed by atoms with E-state index in [0.717, 1.165) is 31.7 Å². The van der Waals surface area contributed by atoms with Gasteiger partial charge in [0.1, 0.15) is 0 Å². The molecule has 0 saturated carbocycles. The molecule has 0 bridgehead atoms. The van der Waals surface area contributed by atoms with Gasteiger partial charge in [0, 0.05) is 19.1 Å².